The van der Waals surface area contributed by atoms with Crippen LogP contribution in [0.4, 0.5) is 0 Å². The van der Waals surface area contributed by atoms with Gasteiger partial charge < -0.3 is 0 Å². The minimum atomic E-state index is -1.29. The van der Waals surface area contributed by atoms with Crippen molar-refractivity contribution in [2.45, 2.75) is 57.2 Å². The van der Waals surface area contributed by atoms with E-state index >= 15 is 0 Å². The summed E-state index contributed by atoms with van der Waals surface area (Å²) in [5.41, 5.74) is 8.44. The lowest BCUT2D eigenvalue weighted by atomic mass is 9.97. The summed E-state index contributed by atoms with van der Waals surface area (Å²) in [6, 6.07) is 25.0. The number of aryl methyl sites for hydroxylation is 3. The maximum absolute atomic E-state index is 2.63. The molecule has 0 amide bonds. The fourth-order valence-corrected chi connectivity index (χ4v) is 11.5. The van der Waals surface area contributed by atoms with Crippen LogP contribution in [0.15, 0.2) is 60.8 Å². The highest BCUT2D eigenvalue weighted by Crippen LogP contribution is 2.37. The first-order chi connectivity index (χ1) is 14.2. The van der Waals surface area contributed by atoms with Crippen LogP contribution in [0.2, 0.25) is 18.1 Å². The topological polar surface area (TPSA) is 3.88 Å². The molecule has 0 bridgehead atoms. The van der Waals surface area contributed by atoms with Crippen LogP contribution >= 0.6 is 0 Å². The van der Waals surface area contributed by atoms with E-state index in [1.807, 2.05) is 0 Å². The fraction of sp³-hybridized carbons (Fsp3) is 0.370. The molecule has 0 unspecified atom stereocenters. The number of pyridine rings is 1. The molecule has 1 aromatic heterocycles. The Balaban J connectivity index is 1.65. The highest BCUT2D eigenvalue weighted by Gasteiger charge is 2.41. The number of hydrogen-bond acceptors (Lipinski definition) is 0. The van der Waals surface area contributed by atoms with Crippen molar-refractivity contribution in [3.8, 4) is 22.4 Å². The molecule has 0 N–H and O–H groups in total. The molecule has 3 aromatic rings. The molecule has 2 aromatic carbocycles. The van der Waals surface area contributed by atoms with Crippen molar-refractivity contribution in [3.63, 3.8) is 0 Å². The van der Waals surface area contributed by atoms with Gasteiger partial charge in [-0.3, -0.25) is 0 Å². The molecule has 2 aliphatic rings. The summed E-state index contributed by atoms with van der Waals surface area (Å²) in [5.74, 6) is 0. The van der Waals surface area contributed by atoms with Crippen LogP contribution in [0.3, 0.4) is 0 Å². The van der Waals surface area contributed by atoms with E-state index in [-0.39, 0.29) is 0 Å². The van der Waals surface area contributed by atoms with Gasteiger partial charge >= 0.3 is 0 Å². The Bertz CT molecular complexity index is 1030. The number of rotatable bonds is 2. The summed E-state index contributed by atoms with van der Waals surface area (Å²) in [6.45, 7) is 2.26. The lowest BCUT2D eigenvalue weighted by Crippen LogP contribution is -2.54. The quantitative estimate of drug-likeness (QED) is 0.371. The van der Waals surface area contributed by atoms with E-state index in [1.165, 1.54) is 78.2 Å². The van der Waals surface area contributed by atoms with E-state index in [2.05, 4.69) is 79.3 Å². The summed E-state index contributed by atoms with van der Waals surface area (Å²) < 4.78 is 2.40. The molecular weight excluding hydrogens is 366 g/mol. The van der Waals surface area contributed by atoms with Crippen molar-refractivity contribution in [1.29, 1.82) is 0 Å². The second kappa shape index (κ2) is 7.57. The first kappa shape index (κ1) is 18.8. The van der Waals surface area contributed by atoms with E-state index in [9.17, 15) is 0 Å². The van der Waals surface area contributed by atoms with Crippen molar-refractivity contribution < 1.29 is 4.57 Å². The van der Waals surface area contributed by atoms with Crippen LogP contribution in [-0.2, 0) is 13.5 Å². The molecule has 148 valence electrons. The SMILES string of the molecule is Cc1ccc(-c2ccccc2)cc1-c1cc2c(c[n+]1C)CCC[Si]21CCCCC1. The van der Waals surface area contributed by atoms with Crippen LogP contribution in [0.1, 0.15) is 36.8 Å². The molecule has 0 atom stereocenters. The van der Waals surface area contributed by atoms with Gasteiger partial charge in [0.05, 0.1) is 8.07 Å². The standard InChI is InChI=1S/C27H32NSi/c1-21-13-14-23(22-10-5-3-6-11-22)18-25(21)26-19-27-24(20-28(26)2)12-9-17-29(27)15-7-4-8-16-29/h3,5-6,10-11,13-14,18-20H,4,7-9,12,15-17H2,1-2H3/q+1. The third kappa shape index (κ3) is 3.38. The molecule has 1 fully saturated rings. The normalized spacial score (nSPS) is 17.9. The van der Waals surface area contributed by atoms with Gasteiger partial charge in [-0.2, -0.15) is 0 Å². The van der Waals surface area contributed by atoms with Gasteiger partial charge in [0.15, 0.2) is 6.20 Å². The van der Waals surface area contributed by atoms with E-state index in [0.29, 0.717) is 0 Å². The Hall–Kier alpha value is -2.19. The summed E-state index contributed by atoms with van der Waals surface area (Å²) in [6.07, 6.45) is 9.55. The van der Waals surface area contributed by atoms with Gasteiger partial charge in [0.2, 0.25) is 5.69 Å². The first-order valence-electron chi connectivity index (χ1n) is 11.4. The van der Waals surface area contributed by atoms with E-state index < -0.39 is 8.07 Å². The molecule has 0 aliphatic carbocycles. The van der Waals surface area contributed by atoms with Gasteiger partial charge in [-0.15, -0.1) is 0 Å². The highest BCUT2D eigenvalue weighted by molar-refractivity contribution is 6.92. The third-order valence-corrected chi connectivity index (χ3v) is 13.0. The molecule has 2 heteroatoms. The third-order valence-electron chi connectivity index (χ3n) is 7.46. The molecule has 3 heterocycles. The number of hydrogen-bond donors (Lipinski definition) is 0. The second-order valence-corrected chi connectivity index (χ2v) is 13.9. The Morgan fingerprint density at radius 2 is 1.55 bits per heavy atom. The van der Waals surface area contributed by atoms with E-state index in [4.69, 9.17) is 0 Å². The maximum Gasteiger partial charge on any atom is 0.212 e. The van der Waals surface area contributed by atoms with E-state index in [0.717, 1.165) is 0 Å². The molecule has 1 saturated heterocycles. The predicted octanol–water partition coefficient (Wildman–Crippen LogP) is 5.94. The zero-order chi connectivity index (χ0) is 19.8. The van der Waals surface area contributed by atoms with Crippen LogP contribution < -0.4 is 9.75 Å². The Morgan fingerprint density at radius 3 is 2.34 bits per heavy atom. The molecule has 0 radical (unpaired) electrons. The lowest BCUT2D eigenvalue weighted by Gasteiger charge is -2.39. The number of aromatic nitrogens is 1. The van der Waals surface area contributed by atoms with Gasteiger partial charge in [0.25, 0.3) is 0 Å². The van der Waals surface area contributed by atoms with Crippen molar-refractivity contribution >= 4 is 13.3 Å². The molecule has 0 saturated carbocycles. The second-order valence-electron chi connectivity index (χ2n) is 9.30. The average Bonchev–Trinajstić information content (AvgIpc) is 2.75. The molecule has 1 nitrogen and oxygen atoms in total. The van der Waals surface area contributed by atoms with Crippen molar-refractivity contribution in [2.75, 3.05) is 0 Å². The Kier molecular flexibility index (Phi) is 4.91. The van der Waals surface area contributed by atoms with Gasteiger partial charge in [0.1, 0.15) is 7.05 Å². The van der Waals surface area contributed by atoms with Gasteiger partial charge in [-0.25, -0.2) is 4.57 Å². The lowest BCUT2D eigenvalue weighted by molar-refractivity contribution is -0.660. The van der Waals surface area contributed by atoms with Crippen LogP contribution in [-0.4, -0.2) is 8.07 Å². The summed E-state index contributed by atoms with van der Waals surface area (Å²) in [7, 11) is 0.958. The van der Waals surface area contributed by atoms with Crippen molar-refractivity contribution in [2.24, 2.45) is 7.05 Å². The van der Waals surface area contributed by atoms with Crippen LogP contribution in [0.25, 0.3) is 22.4 Å². The molecule has 5 rings (SSSR count). The zero-order valence-corrected chi connectivity index (χ0v) is 18.9. The van der Waals surface area contributed by atoms with Gasteiger partial charge in [-0.1, -0.05) is 86.3 Å². The molecule has 1 spiro atoms. The summed E-state index contributed by atoms with van der Waals surface area (Å²) >= 11 is 0. The van der Waals surface area contributed by atoms with Gasteiger partial charge in [0, 0.05) is 17.2 Å². The maximum atomic E-state index is 2.63. The summed E-state index contributed by atoms with van der Waals surface area (Å²) in [4.78, 5) is 0. The highest BCUT2D eigenvalue weighted by atomic mass is 28.3. The number of fused-ring (bicyclic) bond motifs is 2. The molecule has 2 aliphatic heterocycles. The minimum Gasteiger partial charge on any atom is -0.201 e. The fourth-order valence-electron chi connectivity index (χ4n) is 5.87. The monoisotopic (exact) mass is 398 g/mol. The Labute approximate surface area is 176 Å². The van der Waals surface area contributed by atoms with Crippen molar-refractivity contribution in [3.05, 3.63) is 71.9 Å². The van der Waals surface area contributed by atoms with Gasteiger partial charge in [-0.05, 0) is 41.3 Å². The van der Waals surface area contributed by atoms with Crippen molar-refractivity contribution in [1.82, 2.24) is 0 Å². The Morgan fingerprint density at radius 1 is 0.793 bits per heavy atom. The minimum absolute atomic E-state index is 1.28. The molecule has 29 heavy (non-hydrogen) atoms. The predicted molar refractivity (Wildman–Crippen MR) is 125 cm³/mol. The van der Waals surface area contributed by atoms with E-state index in [1.54, 1.807) is 10.8 Å². The largest absolute Gasteiger partial charge is 0.212 e. The molecular formula is C27H32NSi+. The van der Waals surface area contributed by atoms with Crippen LogP contribution in [0, 0.1) is 6.92 Å². The average molecular weight is 399 g/mol. The number of nitrogens with zero attached hydrogens (tertiary/aromatic N) is 1. The van der Waals surface area contributed by atoms with Crippen LogP contribution in [0.5, 0.6) is 0 Å². The number of benzene rings is 2. The smallest absolute Gasteiger partial charge is 0.201 e. The summed E-state index contributed by atoms with van der Waals surface area (Å²) in [5, 5.41) is 1.81. The first-order valence-corrected chi connectivity index (χ1v) is 14.0. The zero-order valence-electron chi connectivity index (χ0n) is 17.9.